The molecule has 51 heavy (non-hydrogen) atoms. The van der Waals surface area contributed by atoms with Gasteiger partial charge in [0.05, 0.1) is 6.17 Å². The Hall–Kier alpha value is -6.18. The van der Waals surface area contributed by atoms with Crippen LogP contribution in [-0.4, -0.2) is 4.57 Å². The van der Waals surface area contributed by atoms with Gasteiger partial charge < -0.3 is 24.0 Å². The Morgan fingerprint density at radius 1 is 0.451 bits per heavy atom. The Labute approximate surface area is 292 Å². The van der Waals surface area contributed by atoms with Gasteiger partial charge in [0, 0.05) is 48.9 Å². The fourth-order valence-electron chi connectivity index (χ4n) is 8.14. The minimum Gasteiger partial charge on any atom is -0.610 e. The van der Waals surface area contributed by atoms with Gasteiger partial charge in [0.15, 0.2) is 11.2 Å². The lowest BCUT2D eigenvalue weighted by Gasteiger charge is -2.50. The zero-order valence-electron chi connectivity index (χ0n) is 27.5. The van der Waals surface area contributed by atoms with E-state index in [4.69, 9.17) is 14.2 Å². The first-order valence-corrected chi connectivity index (χ1v) is 17.4. The van der Waals surface area contributed by atoms with E-state index in [0.29, 0.717) is 0 Å². The monoisotopic (exact) mass is 659 g/mol. The van der Waals surface area contributed by atoms with E-state index in [-0.39, 0.29) is 18.6 Å². The molecule has 1 aliphatic heterocycles. The summed E-state index contributed by atoms with van der Waals surface area (Å²) in [5.41, 5.74) is 9.74. The summed E-state index contributed by atoms with van der Waals surface area (Å²) in [4.78, 5) is 0. The zero-order valence-corrected chi connectivity index (χ0v) is 27.5. The van der Waals surface area contributed by atoms with E-state index in [1.807, 2.05) is 6.07 Å². The van der Waals surface area contributed by atoms with Gasteiger partial charge >= 0.3 is 0 Å². The second-order valence-electron chi connectivity index (χ2n) is 13.3. The highest BCUT2D eigenvalue weighted by atomic mass is 16.4. The second-order valence-corrected chi connectivity index (χ2v) is 13.3. The van der Waals surface area contributed by atoms with Gasteiger partial charge in [-0.2, -0.15) is 0 Å². The number of nitrogens with one attached hydrogen (secondary N) is 2. The normalized spacial score (nSPS) is 18.2. The number of para-hydroxylation sites is 4. The molecule has 6 heteroatoms. The molecule has 3 aromatic heterocycles. The minimum absolute atomic E-state index is 0.170. The lowest BCUT2D eigenvalue weighted by molar-refractivity contribution is 0.275. The predicted octanol–water partition coefficient (Wildman–Crippen LogP) is 11.7. The first kappa shape index (κ1) is 28.6. The maximum absolute atomic E-state index is 6.91. The quantitative estimate of drug-likeness (QED) is 0.197. The first-order chi connectivity index (χ1) is 25.3. The Kier molecular flexibility index (Phi) is 6.27. The van der Waals surface area contributed by atoms with Crippen LogP contribution < -0.4 is 10.6 Å². The van der Waals surface area contributed by atoms with Crippen molar-refractivity contribution in [3.05, 3.63) is 174 Å². The molecule has 0 aliphatic carbocycles. The first-order valence-electron chi connectivity index (χ1n) is 17.4. The third kappa shape index (κ3) is 4.34. The summed E-state index contributed by atoms with van der Waals surface area (Å²) in [6.45, 7) is 0. The van der Waals surface area contributed by atoms with Gasteiger partial charge in [0.1, 0.15) is 11.2 Å². The SMILES string of the molecule is c1ccc(-c2cccc3c2oc2c3ccc3c4cccc(C5[N-]C(n6c7ccccc7c7ccccc76)NC(c6ccccc6)N5)c4oc32)cc1. The summed E-state index contributed by atoms with van der Waals surface area (Å²) in [5.74, 6) is 0. The van der Waals surface area contributed by atoms with Crippen LogP contribution in [0.5, 0.6) is 0 Å². The Balaban J connectivity index is 1.09. The standard InChI is InChI=1S/C45H31N4O2/c1-3-13-27(14-4-1)29-19-11-20-32-34-25-26-35-33-21-12-22-36(40(33)51-42(35)41(34)50-39(29)32)44-46-43(28-15-5-2-6-16-28)47-45(48-44)49-37-23-9-7-17-30(37)31-18-8-10-24-38(31)49/h1-26,43-47H/q-1. The van der Waals surface area contributed by atoms with Crippen LogP contribution in [-0.2, 0) is 0 Å². The molecule has 10 aromatic rings. The van der Waals surface area contributed by atoms with Crippen LogP contribution >= 0.6 is 0 Å². The fraction of sp³-hybridized carbons (Fsp3) is 0.0667. The molecular formula is C45H31N4O2-. The summed E-state index contributed by atoms with van der Waals surface area (Å²) in [6.07, 6.45) is -0.900. The molecule has 7 aromatic carbocycles. The van der Waals surface area contributed by atoms with Crippen LogP contribution in [0.1, 0.15) is 29.7 Å². The van der Waals surface area contributed by atoms with Gasteiger partial charge in [-0.25, -0.2) is 0 Å². The molecule has 0 saturated carbocycles. The van der Waals surface area contributed by atoms with Gasteiger partial charge in [-0.1, -0.05) is 140 Å². The van der Waals surface area contributed by atoms with Gasteiger partial charge in [-0.05, 0) is 47.2 Å². The summed E-state index contributed by atoms with van der Waals surface area (Å²) in [7, 11) is 0. The minimum atomic E-state index is -0.374. The van der Waals surface area contributed by atoms with Crippen molar-refractivity contribution >= 4 is 65.7 Å². The average molecular weight is 660 g/mol. The van der Waals surface area contributed by atoms with Gasteiger partial charge in [0.2, 0.25) is 0 Å². The molecule has 6 nitrogen and oxygen atoms in total. The second kappa shape index (κ2) is 11.2. The van der Waals surface area contributed by atoms with Crippen LogP contribution in [0, 0.1) is 0 Å². The lowest BCUT2D eigenvalue weighted by atomic mass is 10.0. The van der Waals surface area contributed by atoms with E-state index in [1.54, 1.807) is 0 Å². The zero-order chi connectivity index (χ0) is 33.5. The van der Waals surface area contributed by atoms with Crippen LogP contribution in [0.25, 0.3) is 82.1 Å². The van der Waals surface area contributed by atoms with Gasteiger partial charge in [-0.15, -0.1) is 0 Å². The van der Waals surface area contributed by atoms with Crippen LogP contribution in [0.15, 0.2) is 167 Å². The van der Waals surface area contributed by atoms with Crippen molar-refractivity contribution in [1.82, 2.24) is 15.2 Å². The molecule has 2 N–H and O–H groups in total. The maximum atomic E-state index is 6.91. The number of nitrogens with zero attached hydrogens (tertiary/aromatic N) is 2. The molecule has 1 saturated heterocycles. The van der Waals surface area contributed by atoms with Crippen molar-refractivity contribution in [3.63, 3.8) is 0 Å². The maximum Gasteiger partial charge on any atom is 0.178 e. The molecule has 3 atom stereocenters. The van der Waals surface area contributed by atoms with E-state index < -0.39 is 0 Å². The van der Waals surface area contributed by atoms with Crippen molar-refractivity contribution in [1.29, 1.82) is 0 Å². The van der Waals surface area contributed by atoms with Crippen molar-refractivity contribution in [2.75, 3.05) is 0 Å². The number of rotatable bonds is 4. The number of hydrogen-bond acceptors (Lipinski definition) is 4. The number of fused-ring (bicyclic) bond motifs is 10. The number of hydrogen-bond donors (Lipinski definition) is 2. The molecule has 4 heterocycles. The molecular weight excluding hydrogens is 629 g/mol. The topological polar surface area (TPSA) is 69.4 Å². The molecule has 3 unspecified atom stereocenters. The van der Waals surface area contributed by atoms with Gasteiger partial charge in [-0.3, -0.25) is 5.32 Å². The Morgan fingerprint density at radius 2 is 1.00 bits per heavy atom. The average Bonchev–Trinajstić information content (AvgIpc) is 3.88. The smallest absolute Gasteiger partial charge is 0.178 e. The lowest BCUT2D eigenvalue weighted by Crippen LogP contribution is -2.46. The van der Waals surface area contributed by atoms with E-state index in [9.17, 15) is 0 Å². The van der Waals surface area contributed by atoms with E-state index >= 15 is 0 Å². The van der Waals surface area contributed by atoms with Crippen molar-refractivity contribution < 1.29 is 8.83 Å². The summed E-state index contributed by atoms with van der Waals surface area (Å²) < 4.78 is 16.0. The molecule has 1 fully saturated rings. The molecule has 0 spiro atoms. The summed E-state index contributed by atoms with van der Waals surface area (Å²) >= 11 is 0. The highest BCUT2D eigenvalue weighted by Gasteiger charge is 2.27. The Bertz CT molecular complexity index is 2870. The Morgan fingerprint density at radius 3 is 1.71 bits per heavy atom. The molecule has 244 valence electrons. The molecule has 11 rings (SSSR count). The highest BCUT2D eigenvalue weighted by Crippen LogP contribution is 2.45. The van der Waals surface area contributed by atoms with Crippen molar-refractivity contribution in [3.8, 4) is 11.1 Å². The van der Waals surface area contributed by atoms with E-state index in [0.717, 1.165) is 77.2 Å². The fourth-order valence-corrected chi connectivity index (χ4v) is 8.14. The predicted molar refractivity (Wildman–Crippen MR) is 206 cm³/mol. The third-order valence-corrected chi connectivity index (χ3v) is 10.5. The van der Waals surface area contributed by atoms with Gasteiger partial charge in [0.25, 0.3) is 0 Å². The molecule has 1 aliphatic rings. The van der Waals surface area contributed by atoms with Crippen molar-refractivity contribution in [2.45, 2.75) is 18.6 Å². The highest BCUT2D eigenvalue weighted by molar-refractivity contribution is 6.20. The molecule has 0 amide bonds. The van der Waals surface area contributed by atoms with Crippen LogP contribution in [0.2, 0.25) is 0 Å². The van der Waals surface area contributed by atoms with E-state index in [1.165, 1.54) is 10.8 Å². The molecule has 0 radical (unpaired) electrons. The number of benzene rings is 7. The third-order valence-electron chi connectivity index (χ3n) is 10.5. The van der Waals surface area contributed by atoms with Crippen LogP contribution in [0.3, 0.4) is 0 Å². The van der Waals surface area contributed by atoms with Crippen LogP contribution in [0.4, 0.5) is 0 Å². The molecule has 0 bridgehead atoms. The number of furan rings is 2. The van der Waals surface area contributed by atoms with Crippen molar-refractivity contribution in [2.24, 2.45) is 0 Å². The van der Waals surface area contributed by atoms with E-state index in [2.05, 4.69) is 167 Å². The summed E-state index contributed by atoms with van der Waals surface area (Å²) in [5, 5.41) is 19.7. The summed E-state index contributed by atoms with van der Waals surface area (Å²) in [6, 6.07) is 55.1. The largest absolute Gasteiger partial charge is 0.610 e. The number of aromatic nitrogens is 1.